The minimum Gasteiger partial charge on any atom is -0.300 e. The molecule has 7 atom stereocenters. The SMILES string of the molecule is CC(=O)C1CCC2C3CCC4CCCCC4(C)C3CC3(SCCS3)C12C. The van der Waals surface area contributed by atoms with Gasteiger partial charge in [0.15, 0.2) is 0 Å². The fourth-order valence-corrected chi connectivity index (χ4v) is 12.7. The zero-order valence-electron chi connectivity index (χ0n) is 16.9. The maximum atomic E-state index is 12.7. The van der Waals surface area contributed by atoms with E-state index in [-0.39, 0.29) is 5.41 Å². The summed E-state index contributed by atoms with van der Waals surface area (Å²) in [4.78, 5) is 12.7. The summed E-state index contributed by atoms with van der Waals surface area (Å²) in [5, 5.41) is 0. The minimum atomic E-state index is 0.240. The van der Waals surface area contributed by atoms with E-state index >= 15 is 0 Å². The maximum absolute atomic E-state index is 12.7. The third kappa shape index (κ3) is 2.22. The Bertz CT molecular complexity index is 597. The van der Waals surface area contributed by atoms with Gasteiger partial charge in [0.2, 0.25) is 0 Å². The third-order valence-electron chi connectivity index (χ3n) is 9.99. The van der Waals surface area contributed by atoms with Crippen LogP contribution < -0.4 is 0 Å². The number of thioether (sulfide) groups is 2. The number of ketones is 1. The Labute approximate surface area is 168 Å². The Morgan fingerprint density at radius 3 is 2.42 bits per heavy atom. The number of rotatable bonds is 1. The van der Waals surface area contributed by atoms with Crippen LogP contribution in [0.15, 0.2) is 0 Å². The molecule has 0 aromatic heterocycles. The van der Waals surface area contributed by atoms with Gasteiger partial charge in [0.25, 0.3) is 0 Å². The Balaban J connectivity index is 1.59. The number of hydrogen-bond donors (Lipinski definition) is 0. The molecule has 5 fully saturated rings. The van der Waals surface area contributed by atoms with Gasteiger partial charge in [0.1, 0.15) is 5.78 Å². The second-order valence-corrected chi connectivity index (χ2v) is 13.6. The fraction of sp³-hybridized carbons (Fsp3) is 0.957. The zero-order valence-corrected chi connectivity index (χ0v) is 18.5. The van der Waals surface area contributed by atoms with Crippen molar-refractivity contribution in [3.8, 4) is 0 Å². The van der Waals surface area contributed by atoms with Crippen molar-refractivity contribution in [1.82, 2.24) is 0 Å². The van der Waals surface area contributed by atoms with E-state index < -0.39 is 0 Å². The summed E-state index contributed by atoms with van der Waals surface area (Å²) in [6, 6.07) is 0. The Hall–Kier alpha value is 0.370. The average Bonchev–Trinajstić information content (AvgIpc) is 3.22. The van der Waals surface area contributed by atoms with Gasteiger partial charge in [0.05, 0.1) is 4.08 Å². The number of Topliss-reactive ketones (excluding diaryl/α,β-unsaturated/α-hetero) is 1. The molecule has 0 aromatic carbocycles. The molecule has 7 unspecified atom stereocenters. The summed E-state index contributed by atoms with van der Waals surface area (Å²) >= 11 is 4.53. The van der Waals surface area contributed by atoms with Crippen LogP contribution >= 0.6 is 23.5 Å². The lowest BCUT2D eigenvalue weighted by molar-refractivity contribution is -0.134. The van der Waals surface area contributed by atoms with E-state index in [1.807, 2.05) is 6.92 Å². The molecule has 0 radical (unpaired) electrons. The van der Waals surface area contributed by atoms with Crippen molar-refractivity contribution < 1.29 is 4.79 Å². The van der Waals surface area contributed by atoms with Crippen molar-refractivity contribution in [3.63, 3.8) is 0 Å². The molecule has 5 aliphatic rings. The lowest BCUT2D eigenvalue weighted by atomic mass is 9.44. The molecule has 1 saturated heterocycles. The van der Waals surface area contributed by atoms with Crippen molar-refractivity contribution in [2.45, 2.75) is 82.6 Å². The first kappa shape index (κ1) is 18.4. The van der Waals surface area contributed by atoms with Crippen LogP contribution in [0.2, 0.25) is 0 Å². The normalized spacial score (nSPS) is 52.3. The Morgan fingerprint density at radius 1 is 0.923 bits per heavy atom. The molecule has 146 valence electrons. The van der Waals surface area contributed by atoms with Gasteiger partial charge in [-0.1, -0.05) is 26.7 Å². The van der Waals surface area contributed by atoms with Gasteiger partial charge in [-0.25, -0.2) is 0 Å². The van der Waals surface area contributed by atoms with Crippen molar-refractivity contribution >= 4 is 29.3 Å². The summed E-state index contributed by atoms with van der Waals surface area (Å²) in [6.07, 6.45) is 12.7. The predicted molar refractivity (Wildman–Crippen MR) is 114 cm³/mol. The lowest BCUT2D eigenvalue weighted by Gasteiger charge is -2.65. The van der Waals surface area contributed by atoms with E-state index in [9.17, 15) is 4.79 Å². The molecule has 4 saturated carbocycles. The van der Waals surface area contributed by atoms with Gasteiger partial charge in [-0.15, -0.1) is 23.5 Å². The first-order valence-corrected chi connectivity index (χ1v) is 13.2. The molecule has 4 aliphatic carbocycles. The standard InChI is InChI=1S/C23H36OS2/c1-15(24)18-9-10-19-17-8-7-16-6-4-5-11-21(16,2)20(17)14-23(22(18,19)3)25-12-13-26-23/h16-20H,4-14H2,1-3H3. The van der Waals surface area contributed by atoms with Crippen molar-refractivity contribution in [3.05, 3.63) is 0 Å². The molecular formula is C23H36OS2. The van der Waals surface area contributed by atoms with E-state index in [0.717, 1.165) is 23.7 Å². The summed E-state index contributed by atoms with van der Waals surface area (Å²) in [6.45, 7) is 7.14. The van der Waals surface area contributed by atoms with Crippen molar-refractivity contribution in [1.29, 1.82) is 0 Å². The van der Waals surface area contributed by atoms with Crippen LogP contribution in [0.4, 0.5) is 0 Å². The number of carbonyl (C=O) groups is 1. The van der Waals surface area contributed by atoms with Crippen LogP contribution in [-0.4, -0.2) is 21.4 Å². The number of hydrogen-bond acceptors (Lipinski definition) is 3. The average molecular weight is 393 g/mol. The number of fused-ring (bicyclic) bond motifs is 6. The quantitative estimate of drug-likeness (QED) is 0.513. The first-order chi connectivity index (χ1) is 12.4. The Morgan fingerprint density at radius 2 is 1.69 bits per heavy atom. The second kappa shape index (κ2) is 6.18. The summed E-state index contributed by atoms with van der Waals surface area (Å²) < 4.78 is 0.327. The van der Waals surface area contributed by atoms with E-state index in [1.54, 1.807) is 0 Å². The highest BCUT2D eigenvalue weighted by molar-refractivity contribution is 8.21. The molecule has 3 heteroatoms. The van der Waals surface area contributed by atoms with Gasteiger partial charge in [-0.3, -0.25) is 4.79 Å². The molecule has 0 aromatic rings. The van der Waals surface area contributed by atoms with Crippen LogP contribution in [0.25, 0.3) is 0 Å². The third-order valence-corrected chi connectivity index (χ3v) is 13.9. The van der Waals surface area contributed by atoms with Crippen molar-refractivity contribution in [2.24, 2.45) is 40.4 Å². The highest BCUT2D eigenvalue weighted by Gasteiger charge is 2.70. The van der Waals surface area contributed by atoms with E-state index in [0.29, 0.717) is 21.2 Å². The molecule has 1 heterocycles. The molecular weight excluding hydrogens is 356 g/mol. The van der Waals surface area contributed by atoms with Gasteiger partial charge < -0.3 is 0 Å². The van der Waals surface area contributed by atoms with E-state index in [4.69, 9.17) is 0 Å². The highest BCUT2D eigenvalue weighted by atomic mass is 32.2. The monoisotopic (exact) mass is 392 g/mol. The largest absolute Gasteiger partial charge is 0.300 e. The highest BCUT2D eigenvalue weighted by Crippen LogP contribution is 2.76. The topological polar surface area (TPSA) is 17.1 Å². The van der Waals surface area contributed by atoms with Gasteiger partial charge >= 0.3 is 0 Å². The maximum Gasteiger partial charge on any atom is 0.133 e. The molecule has 0 N–H and O–H groups in total. The molecule has 1 aliphatic heterocycles. The summed E-state index contributed by atoms with van der Waals surface area (Å²) in [7, 11) is 0. The summed E-state index contributed by atoms with van der Waals surface area (Å²) in [5.74, 6) is 7.01. The molecule has 1 nitrogen and oxygen atoms in total. The lowest BCUT2D eigenvalue weighted by Crippen LogP contribution is -2.61. The van der Waals surface area contributed by atoms with Crippen LogP contribution in [0.5, 0.6) is 0 Å². The first-order valence-electron chi connectivity index (χ1n) is 11.2. The van der Waals surface area contributed by atoms with Gasteiger partial charge in [0, 0.05) is 22.8 Å². The zero-order chi connectivity index (χ0) is 18.2. The van der Waals surface area contributed by atoms with E-state index in [1.165, 1.54) is 69.3 Å². The molecule has 0 bridgehead atoms. The minimum absolute atomic E-state index is 0.240. The van der Waals surface area contributed by atoms with Crippen LogP contribution in [-0.2, 0) is 4.79 Å². The molecule has 5 rings (SSSR count). The smallest absolute Gasteiger partial charge is 0.133 e. The Kier molecular flexibility index (Phi) is 4.38. The van der Waals surface area contributed by atoms with Crippen LogP contribution in [0.3, 0.4) is 0 Å². The van der Waals surface area contributed by atoms with Crippen LogP contribution in [0.1, 0.15) is 78.6 Å². The van der Waals surface area contributed by atoms with Crippen LogP contribution in [0, 0.1) is 40.4 Å². The van der Waals surface area contributed by atoms with E-state index in [2.05, 4.69) is 37.4 Å². The molecule has 1 spiro atoms. The van der Waals surface area contributed by atoms with Crippen molar-refractivity contribution in [2.75, 3.05) is 11.5 Å². The fourth-order valence-electron chi connectivity index (χ4n) is 8.77. The van der Waals surface area contributed by atoms with Gasteiger partial charge in [-0.05, 0) is 81.0 Å². The summed E-state index contributed by atoms with van der Waals surface area (Å²) in [5.41, 5.74) is 0.831. The molecule has 26 heavy (non-hydrogen) atoms. The predicted octanol–water partition coefficient (Wildman–Crippen LogP) is 6.41. The molecule has 0 amide bonds. The second-order valence-electron chi connectivity index (χ2n) is 10.6. The van der Waals surface area contributed by atoms with Gasteiger partial charge in [-0.2, -0.15) is 0 Å². The number of carbonyl (C=O) groups excluding carboxylic acids is 1.